The first-order valence-electron chi connectivity index (χ1n) is 4.28. The number of carboxylic acids is 1. The fourth-order valence-electron chi connectivity index (χ4n) is 1.07. The third kappa shape index (κ3) is 3.71. The third-order valence-corrected chi connectivity index (χ3v) is 3.17. The minimum Gasteiger partial charge on any atom is -0.480 e. The molecule has 0 unspecified atom stereocenters. The number of carboxylic acid groups (broad SMARTS) is 1. The van der Waals surface area contributed by atoms with Crippen molar-refractivity contribution in [3.63, 3.8) is 0 Å². The van der Waals surface area contributed by atoms with Gasteiger partial charge < -0.3 is 5.11 Å². The van der Waals surface area contributed by atoms with Gasteiger partial charge in [0.05, 0.1) is 5.69 Å². The first-order chi connectivity index (χ1) is 7.30. The molecular formula is C9H10ClNO4S. The van der Waals surface area contributed by atoms with Crippen molar-refractivity contribution in [1.82, 2.24) is 0 Å². The number of nitrogens with one attached hydrogen (secondary N) is 1. The van der Waals surface area contributed by atoms with E-state index in [2.05, 4.69) is 4.72 Å². The van der Waals surface area contributed by atoms with E-state index in [1.54, 1.807) is 19.1 Å². The van der Waals surface area contributed by atoms with Gasteiger partial charge in [-0.05, 0) is 24.6 Å². The van der Waals surface area contributed by atoms with E-state index >= 15 is 0 Å². The molecule has 0 aliphatic heterocycles. The lowest BCUT2D eigenvalue weighted by molar-refractivity contribution is -0.134. The molecule has 0 atom stereocenters. The fourth-order valence-corrected chi connectivity index (χ4v) is 2.19. The molecule has 1 aromatic rings. The summed E-state index contributed by atoms with van der Waals surface area (Å²) in [5.74, 6) is -2.38. The van der Waals surface area contributed by atoms with Crippen LogP contribution >= 0.6 is 11.6 Å². The molecule has 16 heavy (non-hydrogen) atoms. The number of carbonyl (C=O) groups is 1. The van der Waals surface area contributed by atoms with Crippen molar-refractivity contribution in [2.75, 3.05) is 10.5 Å². The molecule has 0 fully saturated rings. The predicted molar refractivity (Wildman–Crippen MR) is 61.2 cm³/mol. The summed E-state index contributed by atoms with van der Waals surface area (Å²) >= 11 is 5.70. The number of aryl methyl sites for hydroxylation is 1. The van der Waals surface area contributed by atoms with Crippen LogP contribution in [0.5, 0.6) is 0 Å². The van der Waals surface area contributed by atoms with Gasteiger partial charge in [0.25, 0.3) is 0 Å². The van der Waals surface area contributed by atoms with Crippen molar-refractivity contribution in [3.05, 3.63) is 28.8 Å². The van der Waals surface area contributed by atoms with Crippen LogP contribution in [-0.2, 0) is 14.8 Å². The Labute approximate surface area is 98.1 Å². The Bertz CT molecular complexity index is 512. The largest absolute Gasteiger partial charge is 0.480 e. The van der Waals surface area contributed by atoms with E-state index in [9.17, 15) is 13.2 Å². The average Bonchev–Trinajstić information content (AvgIpc) is 2.08. The number of aliphatic carboxylic acids is 1. The van der Waals surface area contributed by atoms with E-state index < -0.39 is 21.7 Å². The van der Waals surface area contributed by atoms with E-state index in [0.29, 0.717) is 10.6 Å². The number of rotatable bonds is 4. The molecule has 0 aliphatic carbocycles. The molecule has 1 aromatic carbocycles. The molecule has 0 amide bonds. The zero-order valence-corrected chi connectivity index (χ0v) is 9.97. The summed E-state index contributed by atoms with van der Waals surface area (Å²) in [6.45, 7) is 1.69. The maximum absolute atomic E-state index is 11.3. The summed E-state index contributed by atoms with van der Waals surface area (Å²) < 4.78 is 24.8. The number of hydrogen-bond acceptors (Lipinski definition) is 3. The highest BCUT2D eigenvalue weighted by Gasteiger charge is 2.16. The maximum Gasteiger partial charge on any atom is 0.320 e. The second-order valence-corrected chi connectivity index (χ2v) is 5.37. The second-order valence-electron chi connectivity index (χ2n) is 3.21. The van der Waals surface area contributed by atoms with E-state index in [1.807, 2.05) is 0 Å². The lowest BCUT2D eigenvalue weighted by Gasteiger charge is -2.09. The van der Waals surface area contributed by atoms with Gasteiger partial charge in [0.1, 0.15) is 0 Å². The van der Waals surface area contributed by atoms with Gasteiger partial charge in [-0.15, -0.1) is 0 Å². The van der Waals surface area contributed by atoms with Crippen molar-refractivity contribution in [3.8, 4) is 0 Å². The molecule has 2 N–H and O–H groups in total. The molecule has 0 aromatic heterocycles. The topological polar surface area (TPSA) is 83.5 Å². The smallest absolute Gasteiger partial charge is 0.320 e. The Morgan fingerprint density at radius 2 is 2.12 bits per heavy atom. The monoisotopic (exact) mass is 263 g/mol. The predicted octanol–water partition coefficient (Wildman–Crippen LogP) is 1.47. The van der Waals surface area contributed by atoms with Crippen molar-refractivity contribution in [2.45, 2.75) is 6.92 Å². The van der Waals surface area contributed by atoms with Crippen LogP contribution in [0, 0.1) is 6.92 Å². The van der Waals surface area contributed by atoms with Gasteiger partial charge in [-0.2, -0.15) is 0 Å². The van der Waals surface area contributed by atoms with Crippen LogP contribution in [0.25, 0.3) is 0 Å². The fraction of sp³-hybridized carbons (Fsp3) is 0.222. The zero-order chi connectivity index (χ0) is 12.3. The Morgan fingerprint density at radius 3 is 2.69 bits per heavy atom. The number of hydrogen-bond donors (Lipinski definition) is 2. The van der Waals surface area contributed by atoms with Crippen molar-refractivity contribution in [1.29, 1.82) is 0 Å². The summed E-state index contributed by atoms with van der Waals surface area (Å²) in [6, 6.07) is 4.68. The number of anilines is 1. The van der Waals surface area contributed by atoms with E-state index in [-0.39, 0.29) is 5.69 Å². The van der Waals surface area contributed by atoms with Crippen molar-refractivity contribution >= 4 is 33.3 Å². The van der Waals surface area contributed by atoms with E-state index in [1.165, 1.54) is 6.07 Å². The van der Waals surface area contributed by atoms with Gasteiger partial charge in [-0.25, -0.2) is 8.42 Å². The quantitative estimate of drug-likeness (QED) is 0.862. The lowest BCUT2D eigenvalue weighted by atomic mass is 10.2. The van der Waals surface area contributed by atoms with Crippen LogP contribution in [0.1, 0.15) is 5.56 Å². The second kappa shape index (κ2) is 4.71. The number of benzene rings is 1. The molecule has 88 valence electrons. The highest BCUT2D eigenvalue weighted by Crippen LogP contribution is 2.21. The normalized spacial score (nSPS) is 11.1. The minimum atomic E-state index is -3.88. The first-order valence-corrected chi connectivity index (χ1v) is 6.31. The molecule has 0 saturated heterocycles. The van der Waals surface area contributed by atoms with Gasteiger partial charge in [-0.1, -0.05) is 17.7 Å². The molecule has 0 spiro atoms. The summed E-state index contributed by atoms with van der Waals surface area (Å²) in [5.41, 5.74) is 0.951. The molecule has 0 saturated carbocycles. The first kappa shape index (κ1) is 12.8. The lowest BCUT2D eigenvalue weighted by Crippen LogP contribution is -2.22. The van der Waals surface area contributed by atoms with Crippen molar-refractivity contribution in [2.24, 2.45) is 0 Å². The third-order valence-electron chi connectivity index (χ3n) is 1.78. The number of halogens is 1. The Morgan fingerprint density at radius 1 is 1.50 bits per heavy atom. The molecule has 0 radical (unpaired) electrons. The molecule has 1 rings (SSSR count). The van der Waals surface area contributed by atoms with Crippen LogP contribution in [0.4, 0.5) is 5.69 Å². The van der Waals surface area contributed by atoms with E-state index in [0.717, 1.165) is 0 Å². The SMILES string of the molecule is Cc1ccc(Cl)cc1NS(=O)(=O)CC(=O)O. The molecule has 0 heterocycles. The van der Waals surface area contributed by atoms with Gasteiger partial charge in [0, 0.05) is 5.02 Å². The average molecular weight is 264 g/mol. The van der Waals surface area contributed by atoms with Gasteiger partial charge in [-0.3, -0.25) is 9.52 Å². The molecule has 0 aliphatic rings. The molecular weight excluding hydrogens is 254 g/mol. The molecule has 7 heteroatoms. The summed E-state index contributed by atoms with van der Waals surface area (Å²) in [5, 5.41) is 8.78. The standard InChI is InChI=1S/C9H10ClNO4S/c1-6-2-3-7(10)4-8(6)11-16(14,15)5-9(12)13/h2-4,11H,5H2,1H3,(H,12,13). The Balaban J connectivity index is 2.96. The highest BCUT2D eigenvalue weighted by molar-refractivity contribution is 7.93. The maximum atomic E-state index is 11.3. The van der Waals surface area contributed by atoms with Crippen LogP contribution in [0.3, 0.4) is 0 Å². The Kier molecular flexibility index (Phi) is 3.77. The van der Waals surface area contributed by atoms with Crippen LogP contribution in [0.15, 0.2) is 18.2 Å². The summed E-state index contributed by atoms with van der Waals surface area (Å²) in [6.07, 6.45) is 0. The van der Waals surface area contributed by atoms with Gasteiger partial charge in [0.2, 0.25) is 10.0 Å². The minimum absolute atomic E-state index is 0.286. The zero-order valence-electron chi connectivity index (χ0n) is 8.40. The number of sulfonamides is 1. The molecule has 0 bridgehead atoms. The van der Waals surface area contributed by atoms with Crippen molar-refractivity contribution < 1.29 is 18.3 Å². The highest BCUT2D eigenvalue weighted by atomic mass is 35.5. The van der Waals surface area contributed by atoms with Crippen LogP contribution < -0.4 is 4.72 Å². The van der Waals surface area contributed by atoms with Crippen LogP contribution in [-0.4, -0.2) is 25.2 Å². The summed E-state index contributed by atoms with van der Waals surface area (Å²) in [7, 11) is -3.88. The van der Waals surface area contributed by atoms with E-state index in [4.69, 9.17) is 16.7 Å². The Hall–Kier alpha value is -1.27. The van der Waals surface area contributed by atoms with Gasteiger partial charge in [0.15, 0.2) is 5.75 Å². The van der Waals surface area contributed by atoms with Gasteiger partial charge >= 0.3 is 5.97 Å². The molecule has 5 nitrogen and oxygen atoms in total. The summed E-state index contributed by atoms with van der Waals surface area (Å²) in [4.78, 5) is 10.3. The van der Waals surface area contributed by atoms with Crippen LogP contribution in [0.2, 0.25) is 5.02 Å².